The molecule has 0 unspecified atom stereocenters. The minimum atomic E-state index is 0.665. The minimum Gasteiger partial charge on any atom is -0.431 e. The lowest BCUT2D eigenvalue weighted by atomic mass is 10.3. The highest BCUT2D eigenvalue weighted by Crippen LogP contribution is 2.25. The molecule has 1 heterocycles. The van der Waals surface area contributed by atoms with Crippen LogP contribution in [0.15, 0.2) is 40.3 Å². The van der Waals surface area contributed by atoms with Crippen LogP contribution in [0.4, 0.5) is 0 Å². The van der Waals surface area contributed by atoms with Gasteiger partial charge >= 0.3 is 0 Å². The Labute approximate surface area is 88.3 Å². The largest absolute Gasteiger partial charge is 0.431 e. The summed E-state index contributed by atoms with van der Waals surface area (Å²) >= 11 is 4.84. The molecule has 0 spiro atoms. The molecule has 0 saturated heterocycles. The summed E-state index contributed by atoms with van der Waals surface area (Å²) in [5, 5.41) is 2.55. The Morgan fingerprint density at radius 1 is 1.38 bits per heavy atom. The van der Waals surface area contributed by atoms with E-state index >= 15 is 0 Å². The van der Waals surface area contributed by atoms with Gasteiger partial charge in [0.15, 0.2) is 0 Å². The van der Waals surface area contributed by atoms with Crippen molar-refractivity contribution >= 4 is 27.3 Å². The molecule has 2 nitrogen and oxygen atoms in total. The van der Waals surface area contributed by atoms with Gasteiger partial charge in [-0.05, 0) is 18.2 Å². The van der Waals surface area contributed by atoms with Gasteiger partial charge in [-0.1, -0.05) is 33.3 Å². The number of rotatable bonds is 2. The summed E-state index contributed by atoms with van der Waals surface area (Å²) in [6, 6.07) is 7.68. The molecule has 0 amide bonds. The first kappa shape index (κ1) is 8.72. The molecule has 0 aliphatic carbocycles. The third-order valence-corrected chi connectivity index (χ3v) is 2.55. The molecule has 2 aromatic rings. The van der Waals surface area contributed by atoms with Crippen molar-refractivity contribution in [3.8, 4) is 10.9 Å². The van der Waals surface area contributed by atoms with Crippen molar-refractivity contribution in [3.63, 3.8) is 0 Å². The van der Waals surface area contributed by atoms with E-state index in [0.29, 0.717) is 5.19 Å². The Morgan fingerprint density at radius 2 is 2.31 bits per heavy atom. The molecular formula is C9H6BrNOS. The molecule has 0 aliphatic rings. The fourth-order valence-corrected chi connectivity index (χ4v) is 1.77. The highest BCUT2D eigenvalue weighted by Gasteiger charge is 1.98. The van der Waals surface area contributed by atoms with Crippen molar-refractivity contribution in [3.05, 3.63) is 40.3 Å². The summed E-state index contributed by atoms with van der Waals surface area (Å²) < 4.78 is 6.48. The van der Waals surface area contributed by atoms with E-state index in [4.69, 9.17) is 4.74 Å². The minimum absolute atomic E-state index is 0.665. The van der Waals surface area contributed by atoms with Crippen LogP contribution in [0.5, 0.6) is 10.9 Å². The second-order valence-electron chi connectivity index (χ2n) is 2.36. The van der Waals surface area contributed by atoms with E-state index in [1.807, 2.05) is 29.6 Å². The van der Waals surface area contributed by atoms with Gasteiger partial charge < -0.3 is 4.74 Å². The van der Waals surface area contributed by atoms with Gasteiger partial charge in [0.25, 0.3) is 5.19 Å². The number of aromatic nitrogens is 1. The predicted octanol–water partition coefficient (Wildman–Crippen LogP) is 3.70. The van der Waals surface area contributed by atoms with Crippen molar-refractivity contribution in [1.29, 1.82) is 0 Å². The molecule has 66 valence electrons. The third-order valence-electron chi connectivity index (χ3n) is 1.41. The van der Waals surface area contributed by atoms with E-state index in [2.05, 4.69) is 20.9 Å². The Bertz CT molecular complexity index is 388. The second-order valence-corrected chi connectivity index (χ2v) is 4.13. The number of nitrogens with zero attached hydrogens (tertiary/aromatic N) is 1. The lowest BCUT2D eigenvalue weighted by Gasteiger charge is -2.00. The first-order valence-corrected chi connectivity index (χ1v) is 5.35. The fraction of sp³-hybridized carbons (Fsp3) is 0. The standard InChI is InChI=1S/C9H6BrNOS/c10-7-2-1-3-8(6-7)12-9-11-4-5-13-9/h1-6H. The van der Waals surface area contributed by atoms with Gasteiger partial charge in [-0.25, -0.2) is 4.98 Å². The van der Waals surface area contributed by atoms with Crippen LogP contribution in [0.1, 0.15) is 0 Å². The van der Waals surface area contributed by atoms with Crippen LogP contribution in [-0.2, 0) is 0 Å². The van der Waals surface area contributed by atoms with E-state index in [9.17, 15) is 0 Å². The number of ether oxygens (including phenoxy) is 1. The van der Waals surface area contributed by atoms with Gasteiger partial charge in [0.2, 0.25) is 0 Å². The van der Waals surface area contributed by atoms with Crippen molar-refractivity contribution in [2.75, 3.05) is 0 Å². The van der Waals surface area contributed by atoms with Crippen LogP contribution in [0.3, 0.4) is 0 Å². The van der Waals surface area contributed by atoms with Gasteiger partial charge in [-0.3, -0.25) is 0 Å². The maximum absolute atomic E-state index is 5.48. The van der Waals surface area contributed by atoms with Crippen LogP contribution < -0.4 is 4.74 Å². The number of thiazole rings is 1. The molecule has 1 aromatic carbocycles. The van der Waals surface area contributed by atoms with Crippen LogP contribution >= 0.6 is 27.3 Å². The normalized spacial score (nSPS) is 9.92. The van der Waals surface area contributed by atoms with Gasteiger partial charge in [0, 0.05) is 16.0 Å². The molecule has 0 saturated carbocycles. The zero-order valence-electron chi connectivity index (χ0n) is 6.61. The van der Waals surface area contributed by atoms with Gasteiger partial charge in [-0.2, -0.15) is 0 Å². The van der Waals surface area contributed by atoms with Crippen molar-refractivity contribution in [2.45, 2.75) is 0 Å². The SMILES string of the molecule is Brc1cccc(Oc2nccs2)c1. The molecule has 0 N–H and O–H groups in total. The molecule has 0 bridgehead atoms. The molecule has 2 rings (SSSR count). The van der Waals surface area contributed by atoms with E-state index in [1.165, 1.54) is 11.3 Å². The van der Waals surface area contributed by atoms with Crippen LogP contribution in [0.2, 0.25) is 0 Å². The summed E-state index contributed by atoms with van der Waals surface area (Å²) in [5.41, 5.74) is 0. The van der Waals surface area contributed by atoms with E-state index < -0.39 is 0 Å². The van der Waals surface area contributed by atoms with E-state index in [-0.39, 0.29) is 0 Å². The zero-order valence-corrected chi connectivity index (χ0v) is 9.01. The molecule has 1 aromatic heterocycles. The summed E-state index contributed by atoms with van der Waals surface area (Å²) in [6.45, 7) is 0. The van der Waals surface area contributed by atoms with Crippen LogP contribution in [-0.4, -0.2) is 4.98 Å². The summed E-state index contributed by atoms with van der Waals surface area (Å²) in [7, 11) is 0. The zero-order chi connectivity index (χ0) is 9.10. The topological polar surface area (TPSA) is 22.1 Å². The highest BCUT2D eigenvalue weighted by molar-refractivity contribution is 9.10. The number of benzene rings is 1. The fourth-order valence-electron chi connectivity index (χ4n) is 0.892. The summed E-state index contributed by atoms with van der Waals surface area (Å²) in [4.78, 5) is 4.02. The molecule has 0 radical (unpaired) electrons. The Morgan fingerprint density at radius 3 is 3.00 bits per heavy atom. The highest BCUT2D eigenvalue weighted by atomic mass is 79.9. The Kier molecular flexibility index (Phi) is 2.61. The number of hydrogen-bond acceptors (Lipinski definition) is 3. The number of halogens is 1. The smallest absolute Gasteiger partial charge is 0.278 e. The van der Waals surface area contributed by atoms with Crippen LogP contribution in [0, 0.1) is 0 Å². The first-order valence-electron chi connectivity index (χ1n) is 3.67. The van der Waals surface area contributed by atoms with Crippen molar-refractivity contribution in [2.24, 2.45) is 0 Å². The van der Waals surface area contributed by atoms with Crippen LogP contribution in [0.25, 0.3) is 0 Å². The molecule has 13 heavy (non-hydrogen) atoms. The summed E-state index contributed by atoms with van der Waals surface area (Å²) in [5.74, 6) is 0.796. The van der Waals surface area contributed by atoms with Gasteiger partial charge in [0.05, 0.1) is 0 Å². The Hall–Kier alpha value is -0.870. The predicted molar refractivity (Wildman–Crippen MR) is 56.3 cm³/mol. The molecule has 0 aliphatic heterocycles. The maximum Gasteiger partial charge on any atom is 0.278 e. The number of hydrogen-bond donors (Lipinski definition) is 0. The van der Waals surface area contributed by atoms with E-state index in [0.717, 1.165) is 10.2 Å². The molecule has 0 fully saturated rings. The molecular weight excluding hydrogens is 250 g/mol. The summed E-state index contributed by atoms with van der Waals surface area (Å²) in [6.07, 6.45) is 1.72. The maximum atomic E-state index is 5.48. The average molecular weight is 256 g/mol. The van der Waals surface area contributed by atoms with Gasteiger partial charge in [0.1, 0.15) is 5.75 Å². The lowest BCUT2D eigenvalue weighted by molar-refractivity contribution is 0.478. The molecule has 4 heteroatoms. The Balaban J connectivity index is 2.19. The van der Waals surface area contributed by atoms with E-state index in [1.54, 1.807) is 6.20 Å². The quantitative estimate of drug-likeness (QED) is 0.817. The van der Waals surface area contributed by atoms with Crippen molar-refractivity contribution in [1.82, 2.24) is 4.98 Å². The monoisotopic (exact) mass is 255 g/mol. The lowest BCUT2D eigenvalue weighted by Crippen LogP contribution is -1.81. The third kappa shape index (κ3) is 2.29. The average Bonchev–Trinajstić information content (AvgIpc) is 2.57. The molecule has 0 atom stereocenters. The first-order chi connectivity index (χ1) is 6.34. The van der Waals surface area contributed by atoms with Gasteiger partial charge in [-0.15, -0.1) is 0 Å². The van der Waals surface area contributed by atoms with Crippen molar-refractivity contribution < 1.29 is 4.74 Å². The second kappa shape index (κ2) is 3.89.